The first-order chi connectivity index (χ1) is 9.98. The Morgan fingerprint density at radius 1 is 1.24 bits per heavy atom. The highest BCUT2D eigenvalue weighted by atomic mass is 32.1. The second-order valence-corrected chi connectivity index (χ2v) is 7.09. The lowest BCUT2D eigenvalue weighted by Crippen LogP contribution is -2.45. The van der Waals surface area contributed by atoms with Crippen molar-refractivity contribution in [1.82, 2.24) is 4.90 Å². The van der Waals surface area contributed by atoms with E-state index in [1.54, 1.807) is 11.3 Å². The third-order valence-corrected chi connectivity index (χ3v) is 5.28. The van der Waals surface area contributed by atoms with Gasteiger partial charge < -0.3 is 10.6 Å². The lowest BCUT2D eigenvalue weighted by molar-refractivity contribution is -0.137. The van der Waals surface area contributed by atoms with Gasteiger partial charge in [-0.3, -0.25) is 4.79 Å². The smallest absolute Gasteiger partial charge is 0.232 e. The van der Waals surface area contributed by atoms with Gasteiger partial charge in [0.2, 0.25) is 5.91 Å². The minimum atomic E-state index is -0.527. The number of hydrogen-bond acceptors (Lipinski definition) is 3. The van der Waals surface area contributed by atoms with Crippen LogP contribution in [0.15, 0.2) is 35.7 Å². The molecule has 1 aromatic carbocycles. The summed E-state index contributed by atoms with van der Waals surface area (Å²) in [5, 5.41) is 2.11. The summed E-state index contributed by atoms with van der Waals surface area (Å²) in [5.74, 6) is 0.184. The van der Waals surface area contributed by atoms with Gasteiger partial charge in [0, 0.05) is 23.7 Å². The van der Waals surface area contributed by atoms with Crippen molar-refractivity contribution in [1.29, 1.82) is 0 Å². The molecule has 1 aliphatic rings. The standard InChI is InChI=1S/C17H20N2OS/c1-17(2,13-3-5-14(18)6-4-13)16(20)19-9-7-15-12(11-19)8-10-21-15/h3-6,8,10H,7,9,11,18H2,1-2H3. The van der Waals surface area contributed by atoms with Gasteiger partial charge in [-0.2, -0.15) is 0 Å². The molecule has 2 heterocycles. The van der Waals surface area contributed by atoms with E-state index >= 15 is 0 Å². The molecule has 0 spiro atoms. The number of fused-ring (bicyclic) bond motifs is 1. The maximum atomic E-state index is 12.9. The van der Waals surface area contributed by atoms with E-state index in [0.29, 0.717) is 0 Å². The quantitative estimate of drug-likeness (QED) is 0.866. The van der Waals surface area contributed by atoms with Gasteiger partial charge in [-0.15, -0.1) is 11.3 Å². The van der Waals surface area contributed by atoms with Gasteiger partial charge in [-0.1, -0.05) is 12.1 Å². The number of nitrogen functional groups attached to an aromatic ring is 1. The molecule has 0 aliphatic carbocycles. The van der Waals surface area contributed by atoms with E-state index in [9.17, 15) is 4.79 Å². The van der Waals surface area contributed by atoms with Crippen molar-refractivity contribution in [2.24, 2.45) is 0 Å². The Kier molecular flexibility index (Phi) is 3.49. The highest BCUT2D eigenvalue weighted by Crippen LogP contribution is 2.30. The molecule has 21 heavy (non-hydrogen) atoms. The van der Waals surface area contributed by atoms with Crippen LogP contribution < -0.4 is 5.73 Å². The van der Waals surface area contributed by atoms with Gasteiger partial charge in [-0.25, -0.2) is 0 Å². The average molecular weight is 300 g/mol. The highest BCUT2D eigenvalue weighted by Gasteiger charge is 2.35. The monoisotopic (exact) mass is 300 g/mol. The van der Waals surface area contributed by atoms with Crippen LogP contribution in [0.4, 0.5) is 5.69 Å². The Bertz CT molecular complexity index is 658. The second-order valence-electron chi connectivity index (χ2n) is 6.09. The molecule has 3 nitrogen and oxygen atoms in total. The number of amides is 1. The lowest BCUT2D eigenvalue weighted by Gasteiger charge is -2.34. The first kappa shape index (κ1) is 14.1. The molecule has 0 bridgehead atoms. The van der Waals surface area contributed by atoms with E-state index in [0.717, 1.165) is 30.8 Å². The van der Waals surface area contributed by atoms with E-state index in [1.807, 2.05) is 43.0 Å². The summed E-state index contributed by atoms with van der Waals surface area (Å²) in [6.07, 6.45) is 0.969. The Hall–Kier alpha value is -1.81. The zero-order chi connectivity index (χ0) is 15.0. The third kappa shape index (κ3) is 2.56. The predicted molar refractivity (Wildman–Crippen MR) is 87.3 cm³/mol. The maximum absolute atomic E-state index is 12.9. The topological polar surface area (TPSA) is 46.3 Å². The van der Waals surface area contributed by atoms with E-state index in [4.69, 9.17) is 5.73 Å². The number of benzene rings is 1. The van der Waals surface area contributed by atoms with Gasteiger partial charge in [0.15, 0.2) is 0 Å². The number of thiophene rings is 1. The van der Waals surface area contributed by atoms with E-state index in [2.05, 4.69) is 11.4 Å². The summed E-state index contributed by atoms with van der Waals surface area (Å²) in [5.41, 5.74) is 8.24. The lowest BCUT2D eigenvalue weighted by atomic mass is 9.82. The molecular weight excluding hydrogens is 280 g/mol. The third-order valence-electron chi connectivity index (χ3n) is 4.26. The molecule has 0 saturated heterocycles. The maximum Gasteiger partial charge on any atom is 0.232 e. The van der Waals surface area contributed by atoms with Gasteiger partial charge in [0.25, 0.3) is 0 Å². The summed E-state index contributed by atoms with van der Waals surface area (Å²) in [7, 11) is 0. The Labute approximate surface area is 129 Å². The first-order valence-electron chi connectivity index (χ1n) is 7.19. The first-order valence-corrected chi connectivity index (χ1v) is 8.07. The van der Waals surface area contributed by atoms with Crippen molar-refractivity contribution in [3.05, 3.63) is 51.7 Å². The van der Waals surface area contributed by atoms with Crippen LogP contribution in [0.2, 0.25) is 0 Å². The van der Waals surface area contributed by atoms with Crippen LogP contribution in [0, 0.1) is 0 Å². The summed E-state index contributed by atoms with van der Waals surface area (Å²) in [4.78, 5) is 16.3. The summed E-state index contributed by atoms with van der Waals surface area (Å²) in [6, 6.07) is 9.76. The van der Waals surface area contributed by atoms with Gasteiger partial charge >= 0.3 is 0 Å². The molecule has 4 heteroatoms. The minimum Gasteiger partial charge on any atom is -0.399 e. The normalized spacial score (nSPS) is 14.9. The molecule has 1 aromatic heterocycles. The van der Waals surface area contributed by atoms with Gasteiger partial charge in [0.1, 0.15) is 0 Å². The molecule has 0 radical (unpaired) electrons. The Morgan fingerprint density at radius 2 is 1.95 bits per heavy atom. The number of carbonyl (C=O) groups excluding carboxylic acids is 1. The number of rotatable bonds is 2. The zero-order valence-corrected chi connectivity index (χ0v) is 13.2. The fraction of sp³-hybridized carbons (Fsp3) is 0.353. The van der Waals surface area contributed by atoms with Crippen LogP contribution in [0.5, 0.6) is 0 Å². The molecule has 0 unspecified atom stereocenters. The van der Waals surface area contributed by atoms with Crippen LogP contribution in [0.1, 0.15) is 29.9 Å². The van der Waals surface area contributed by atoms with Crippen molar-refractivity contribution >= 4 is 22.9 Å². The van der Waals surface area contributed by atoms with Crippen LogP contribution in [0.25, 0.3) is 0 Å². The van der Waals surface area contributed by atoms with E-state index < -0.39 is 5.41 Å². The van der Waals surface area contributed by atoms with Gasteiger partial charge in [-0.05, 0) is 55.0 Å². The summed E-state index contributed by atoms with van der Waals surface area (Å²) in [6.45, 7) is 5.52. The molecule has 2 aromatic rings. The van der Waals surface area contributed by atoms with Crippen molar-refractivity contribution in [3.8, 4) is 0 Å². The molecule has 0 fully saturated rings. The number of anilines is 1. The van der Waals surface area contributed by atoms with Crippen LogP contribution in [0.3, 0.4) is 0 Å². The molecule has 3 rings (SSSR count). The highest BCUT2D eigenvalue weighted by molar-refractivity contribution is 7.10. The van der Waals surface area contributed by atoms with Crippen LogP contribution in [-0.4, -0.2) is 17.4 Å². The van der Waals surface area contributed by atoms with Crippen molar-refractivity contribution in [3.63, 3.8) is 0 Å². The molecule has 2 N–H and O–H groups in total. The van der Waals surface area contributed by atoms with Crippen LogP contribution >= 0.6 is 11.3 Å². The molecule has 0 atom stereocenters. The molecule has 110 valence electrons. The van der Waals surface area contributed by atoms with Crippen molar-refractivity contribution < 1.29 is 4.79 Å². The summed E-state index contributed by atoms with van der Waals surface area (Å²) >= 11 is 1.79. The van der Waals surface area contributed by atoms with Gasteiger partial charge in [0.05, 0.1) is 5.41 Å². The Morgan fingerprint density at radius 3 is 2.67 bits per heavy atom. The average Bonchev–Trinajstić information content (AvgIpc) is 2.94. The van der Waals surface area contributed by atoms with Crippen molar-refractivity contribution in [2.75, 3.05) is 12.3 Å². The van der Waals surface area contributed by atoms with E-state index in [-0.39, 0.29) is 5.91 Å². The SMILES string of the molecule is CC(C)(C(=O)N1CCc2sccc2C1)c1ccc(N)cc1. The zero-order valence-electron chi connectivity index (χ0n) is 12.4. The molecule has 0 saturated carbocycles. The van der Waals surface area contributed by atoms with E-state index in [1.165, 1.54) is 10.4 Å². The molecular formula is C17H20N2OS. The number of carbonyl (C=O) groups is 1. The number of nitrogens with two attached hydrogens (primary N) is 1. The minimum absolute atomic E-state index is 0.184. The Balaban J connectivity index is 1.83. The fourth-order valence-corrected chi connectivity index (χ4v) is 3.73. The molecule has 1 aliphatic heterocycles. The fourth-order valence-electron chi connectivity index (χ4n) is 2.84. The number of hydrogen-bond donors (Lipinski definition) is 1. The largest absolute Gasteiger partial charge is 0.399 e. The van der Waals surface area contributed by atoms with Crippen molar-refractivity contribution in [2.45, 2.75) is 32.2 Å². The van der Waals surface area contributed by atoms with Crippen LogP contribution in [-0.2, 0) is 23.2 Å². The predicted octanol–water partition coefficient (Wildman–Crippen LogP) is 3.19. The summed E-state index contributed by atoms with van der Waals surface area (Å²) < 4.78 is 0. The number of nitrogens with zero attached hydrogens (tertiary/aromatic N) is 1. The second kappa shape index (κ2) is 5.19. The molecule has 1 amide bonds.